The lowest BCUT2D eigenvalue weighted by Gasteiger charge is -2.06. The molecule has 20 heavy (non-hydrogen) atoms. The van der Waals surface area contributed by atoms with E-state index in [0.29, 0.717) is 11.3 Å². The van der Waals surface area contributed by atoms with Crippen LogP contribution in [0.3, 0.4) is 0 Å². The molecule has 0 aliphatic rings. The Labute approximate surface area is 115 Å². The second-order valence-corrected chi connectivity index (χ2v) is 4.42. The van der Waals surface area contributed by atoms with Crippen molar-refractivity contribution < 1.29 is 9.90 Å². The Morgan fingerprint density at radius 3 is 2.80 bits per heavy atom. The lowest BCUT2D eigenvalue weighted by atomic mass is 10.1. The summed E-state index contributed by atoms with van der Waals surface area (Å²) in [4.78, 5) is 16.4. The summed E-state index contributed by atoms with van der Waals surface area (Å²) in [6.07, 6.45) is 1.72. The molecule has 3 aromatic rings. The van der Waals surface area contributed by atoms with Crippen LogP contribution in [0.1, 0.15) is 10.4 Å². The minimum absolute atomic E-state index is 0.116. The van der Waals surface area contributed by atoms with Gasteiger partial charge in [0.2, 0.25) is 0 Å². The molecule has 4 nitrogen and oxygen atoms in total. The van der Waals surface area contributed by atoms with Gasteiger partial charge >= 0.3 is 0 Å². The van der Waals surface area contributed by atoms with Crippen LogP contribution in [0.4, 0.5) is 5.69 Å². The van der Waals surface area contributed by atoms with Crippen molar-refractivity contribution in [2.75, 3.05) is 5.32 Å². The van der Waals surface area contributed by atoms with E-state index < -0.39 is 0 Å². The Bertz CT molecular complexity index is 784. The summed E-state index contributed by atoms with van der Waals surface area (Å²) >= 11 is 0. The number of nitrogens with one attached hydrogen (secondary N) is 1. The monoisotopic (exact) mass is 264 g/mol. The summed E-state index contributed by atoms with van der Waals surface area (Å²) in [6.45, 7) is 0. The molecule has 0 unspecified atom stereocenters. The number of amides is 1. The number of carbonyl (C=O) groups excluding carboxylic acids is 1. The van der Waals surface area contributed by atoms with Crippen LogP contribution in [0.5, 0.6) is 5.75 Å². The molecule has 0 fully saturated rings. The van der Waals surface area contributed by atoms with Gasteiger partial charge in [0.15, 0.2) is 0 Å². The molecule has 0 atom stereocenters. The fourth-order valence-electron chi connectivity index (χ4n) is 2.00. The van der Waals surface area contributed by atoms with E-state index in [2.05, 4.69) is 10.3 Å². The van der Waals surface area contributed by atoms with Crippen LogP contribution in [0.15, 0.2) is 60.8 Å². The second-order valence-electron chi connectivity index (χ2n) is 4.42. The highest BCUT2D eigenvalue weighted by Gasteiger charge is 2.07. The number of phenolic OH excluding ortho intramolecular Hbond substituents is 1. The topological polar surface area (TPSA) is 62.2 Å². The number of anilines is 1. The van der Waals surface area contributed by atoms with Crippen LogP contribution in [-0.4, -0.2) is 16.0 Å². The summed E-state index contributed by atoms with van der Waals surface area (Å²) in [6, 6.07) is 15.5. The van der Waals surface area contributed by atoms with E-state index in [1.54, 1.807) is 36.5 Å². The molecule has 4 heteroatoms. The van der Waals surface area contributed by atoms with Gasteiger partial charge in [0, 0.05) is 28.9 Å². The maximum Gasteiger partial charge on any atom is 0.255 e. The Balaban J connectivity index is 1.88. The molecule has 1 heterocycles. The SMILES string of the molecule is O=C(Nc1cccc(O)c1)c1ccc2ncccc2c1. The molecule has 0 aliphatic heterocycles. The van der Waals surface area contributed by atoms with Crippen molar-refractivity contribution in [2.24, 2.45) is 0 Å². The van der Waals surface area contributed by atoms with Crippen molar-refractivity contribution in [3.8, 4) is 5.75 Å². The molecule has 1 aromatic heterocycles. The summed E-state index contributed by atoms with van der Waals surface area (Å²) in [5.41, 5.74) is 1.96. The first kappa shape index (κ1) is 12.2. The van der Waals surface area contributed by atoms with Crippen LogP contribution in [-0.2, 0) is 0 Å². The van der Waals surface area contributed by atoms with Crippen LogP contribution < -0.4 is 5.32 Å². The smallest absolute Gasteiger partial charge is 0.255 e. The highest BCUT2D eigenvalue weighted by Crippen LogP contribution is 2.18. The zero-order valence-electron chi connectivity index (χ0n) is 10.6. The number of fused-ring (bicyclic) bond motifs is 1. The van der Waals surface area contributed by atoms with Gasteiger partial charge < -0.3 is 10.4 Å². The fraction of sp³-hybridized carbons (Fsp3) is 0. The number of nitrogens with zero attached hydrogens (tertiary/aromatic N) is 1. The van der Waals surface area contributed by atoms with E-state index in [1.807, 2.05) is 18.2 Å². The lowest BCUT2D eigenvalue weighted by Crippen LogP contribution is -2.11. The van der Waals surface area contributed by atoms with E-state index in [-0.39, 0.29) is 11.7 Å². The third-order valence-electron chi connectivity index (χ3n) is 2.97. The Morgan fingerprint density at radius 1 is 1.05 bits per heavy atom. The Morgan fingerprint density at radius 2 is 1.95 bits per heavy atom. The van der Waals surface area contributed by atoms with Crippen molar-refractivity contribution in [1.82, 2.24) is 4.98 Å². The number of phenols is 1. The molecule has 2 aromatic carbocycles. The molecule has 0 saturated carbocycles. The predicted molar refractivity (Wildman–Crippen MR) is 77.8 cm³/mol. The molecule has 98 valence electrons. The van der Waals surface area contributed by atoms with Gasteiger partial charge in [-0.05, 0) is 36.4 Å². The van der Waals surface area contributed by atoms with Gasteiger partial charge in [-0.25, -0.2) is 0 Å². The molecule has 0 bridgehead atoms. The minimum atomic E-state index is -0.221. The number of benzene rings is 2. The molecular formula is C16H12N2O2. The third-order valence-corrected chi connectivity index (χ3v) is 2.97. The van der Waals surface area contributed by atoms with Crippen LogP contribution >= 0.6 is 0 Å². The number of hydrogen-bond acceptors (Lipinski definition) is 3. The molecule has 3 rings (SSSR count). The predicted octanol–water partition coefficient (Wildman–Crippen LogP) is 3.19. The molecule has 0 saturated heterocycles. The van der Waals surface area contributed by atoms with Gasteiger partial charge in [-0.2, -0.15) is 0 Å². The van der Waals surface area contributed by atoms with Gasteiger partial charge in [0.25, 0.3) is 5.91 Å². The first-order valence-corrected chi connectivity index (χ1v) is 6.17. The molecule has 0 radical (unpaired) electrons. The van der Waals surface area contributed by atoms with E-state index in [1.165, 1.54) is 6.07 Å². The van der Waals surface area contributed by atoms with Crippen molar-refractivity contribution in [1.29, 1.82) is 0 Å². The van der Waals surface area contributed by atoms with Gasteiger partial charge in [-0.3, -0.25) is 9.78 Å². The maximum atomic E-state index is 12.2. The number of aromatic nitrogens is 1. The van der Waals surface area contributed by atoms with Crippen molar-refractivity contribution in [2.45, 2.75) is 0 Å². The normalized spacial score (nSPS) is 10.4. The number of aromatic hydroxyl groups is 1. The van der Waals surface area contributed by atoms with E-state index in [4.69, 9.17) is 0 Å². The highest BCUT2D eigenvalue weighted by molar-refractivity contribution is 6.06. The number of hydrogen-bond donors (Lipinski definition) is 2. The first-order valence-electron chi connectivity index (χ1n) is 6.17. The number of pyridine rings is 1. The van der Waals surface area contributed by atoms with Crippen molar-refractivity contribution in [3.05, 3.63) is 66.4 Å². The number of rotatable bonds is 2. The quantitative estimate of drug-likeness (QED) is 0.747. The van der Waals surface area contributed by atoms with Crippen LogP contribution in [0.2, 0.25) is 0 Å². The average Bonchev–Trinajstić information content (AvgIpc) is 2.47. The first-order chi connectivity index (χ1) is 9.72. The van der Waals surface area contributed by atoms with Crippen molar-refractivity contribution >= 4 is 22.5 Å². The summed E-state index contributed by atoms with van der Waals surface area (Å²) in [5, 5.41) is 13.0. The molecule has 1 amide bonds. The third kappa shape index (κ3) is 2.44. The summed E-state index contributed by atoms with van der Waals surface area (Å²) in [5.74, 6) is -0.105. The van der Waals surface area contributed by atoms with Crippen molar-refractivity contribution in [3.63, 3.8) is 0 Å². The fourth-order valence-corrected chi connectivity index (χ4v) is 2.00. The Kier molecular flexibility index (Phi) is 3.05. The average molecular weight is 264 g/mol. The standard InChI is InChI=1S/C16H12N2O2/c19-14-5-1-4-13(10-14)18-16(20)12-6-7-15-11(9-12)3-2-8-17-15/h1-10,19H,(H,18,20). The van der Waals surface area contributed by atoms with E-state index in [0.717, 1.165) is 10.9 Å². The second kappa shape index (κ2) is 5.01. The van der Waals surface area contributed by atoms with Gasteiger partial charge in [0.05, 0.1) is 5.52 Å². The molecular weight excluding hydrogens is 252 g/mol. The largest absolute Gasteiger partial charge is 0.508 e. The number of carbonyl (C=O) groups is 1. The van der Waals surface area contributed by atoms with Gasteiger partial charge in [-0.1, -0.05) is 12.1 Å². The molecule has 0 spiro atoms. The minimum Gasteiger partial charge on any atom is -0.508 e. The Hall–Kier alpha value is -2.88. The highest BCUT2D eigenvalue weighted by atomic mass is 16.3. The molecule has 2 N–H and O–H groups in total. The zero-order valence-corrected chi connectivity index (χ0v) is 10.6. The van der Waals surface area contributed by atoms with Gasteiger partial charge in [0.1, 0.15) is 5.75 Å². The van der Waals surface area contributed by atoms with Crippen LogP contribution in [0, 0.1) is 0 Å². The van der Waals surface area contributed by atoms with E-state index >= 15 is 0 Å². The molecule has 0 aliphatic carbocycles. The summed E-state index contributed by atoms with van der Waals surface area (Å²) in [7, 11) is 0. The summed E-state index contributed by atoms with van der Waals surface area (Å²) < 4.78 is 0. The zero-order chi connectivity index (χ0) is 13.9. The maximum absolute atomic E-state index is 12.2. The van der Waals surface area contributed by atoms with Crippen LogP contribution in [0.25, 0.3) is 10.9 Å². The van der Waals surface area contributed by atoms with Gasteiger partial charge in [-0.15, -0.1) is 0 Å². The van der Waals surface area contributed by atoms with E-state index in [9.17, 15) is 9.90 Å². The lowest BCUT2D eigenvalue weighted by molar-refractivity contribution is 0.102.